The lowest BCUT2D eigenvalue weighted by atomic mass is 10.0. The van der Waals surface area contributed by atoms with Gasteiger partial charge in [0.1, 0.15) is 5.84 Å². The van der Waals surface area contributed by atoms with E-state index in [2.05, 4.69) is 61.9 Å². The molecule has 0 bridgehead atoms. The third kappa shape index (κ3) is 2.49. The molecule has 5 nitrogen and oxygen atoms in total. The topological polar surface area (TPSA) is 31.3 Å². The van der Waals surface area contributed by atoms with Crippen LogP contribution in [0, 0.1) is 19.8 Å². The average molecular weight is 352 g/mol. The first-order chi connectivity index (χ1) is 12.5. The Morgan fingerprint density at radius 3 is 2.58 bits per heavy atom. The molecule has 0 radical (unpaired) electrons. The quantitative estimate of drug-likeness (QED) is 0.813. The molecule has 0 saturated carbocycles. The molecule has 1 aromatic rings. The van der Waals surface area contributed by atoms with Crippen molar-refractivity contribution in [3.8, 4) is 5.75 Å². The molecule has 0 aromatic heterocycles. The Hall–Kier alpha value is -2.43. The Morgan fingerprint density at radius 1 is 1.15 bits per heavy atom. The molecule has 4 rings (SSSR count). The standard InChI is InChI=1S/C21H28N4O/c1-6-9-24(10-7-2)20-16-8-11-25-18-15(4)12-14(3)13-17(18)26-21(19(16)25)23(5)22-20/h8,11-13,16H,6-7,9-10H2,1-5H3. The first kappa shape index (κ1) is 17.0. The van der Waals surface area contributed by atoms with E-state index in [1.165, 1.54) is 16.8 Å². The van der Waals surface area contributed by atoms with E-state index in [1.807, 2.05) is 12.1 Å². The molecular formula is C21H28N4O. The summed E-state index contributed by atoms with van der Waals surface area (Å²) in [6.07, 6.45) is 6.69. The summed E-state index contributed by atoms with van der Waals surface area (Å²) in [6, 6.07) is 4.33. The third-order valence-electron chi connectivity index (χ3n) is 5.19. The molecule has 138 valence electrons. The second-order valence-corrected chi connectivity index (χ2v) is 7.38. The number of amidine groups is 1. The van der Waals surface area contributed by atoms with Gasteiger partial charge in [-0.3, -0.25) is 0 Å². The molecule has 5 heteroatoms. The van der Waals surface area contributed by atoms with Crippen molar-refractivity contribution in [1.82, 2.24) is 9.91 Å². The van der Waals surface area contributed by atoms with Crippen LogP contribution in [0.5, 0.6) is 5.75 Å². The highest BCUT2D eigenvalue weighted by molar-refractivity contribution is 5.93. The van der Waals surface area contributed by atoms with E-state index >= 15 is 0 Å². The van der Waals surface area contributed by atoms with Crippen LogP contribution < -0.4 is 9.64 Å². The zero-order valence-corrected chi connectivity index (χ0v) is 16.4. The summed E-state index contributed by atoms with van der Waals surface area (Å²) >= 11 is 0. The maximum atomic E-state index is 6.34. The van der Waals surface area contributed by atoms with Crippen molar-refractivity contribution in [3.63, 3.8) is 0 Å². The number of anilines is 1. The third-order valence-corrected chi connectivity index (χ3v) is 5.19. The first-order valence-corrected chi connectivity index (χ1v) is 9.63. The van der Waals surface area contributed by atoms with E-state index in [0.717, 1.165) is 49.1 Å². The number of nitrogens with zero attached hydrogens (tertiary/aromatic N) is 4. The van der Waals surface area contributed by atoms with Crippen molar-refractivity contribution in [3.05, 3.63) is 47.1 Å². The minimum absolute atomic E-state index is 0.160. The van der Waals surface area contributed by atoms with Gasteiger partial charge in [0, 0.05) is 26.3 Å². The van der Waals surface area contributed by atoms with Crippen LogP contribution in [0.4, 0.5) is 5.69 Å². The predicted molar refractivity (Wildman–Crippen MR) is 106 cm³/mol. The van der Waals surface area contributed by atoms with Crippen molar-refractivity contribution < 1.29 is 4.74 Å². The molecule has 3 aliphatic rings. The van der Waals surface area contributed by atoms with E-state index in [1.54, 1.807) is 0 Å². The van der Waals surface area contributed by atoms with Crippen LogP contribution in [0.1, 0.15) is 37.8 Å². The molecule has 0 spiro atoms. The summed E-state index contributed by atoms with van der Waals surface area (Å²) in [5, 5.41) is 6.82. The largest absolute Gasteiger partial charge is 0.435 e. The predicted octanol–water partition coefficient (Wildman–Crippen LogP) is 4.20. The molecule has 0 fully saturated rings. The van der Waals surface area contributed by atoms with Crippen LogP contribution in [0.25, 0.3) is 0 Å². The van der Waals surface area contributed by atoms with Gasteiger partial charge in [0.25, 0.3) is 0 Å². The van der Waals surface area contributed by atoms with Crippen molar-refractivity contribution in [1.29, 1.82) is 0 Å². The summed E-state index contributed by atoms with van der Waals surface area (Å²) in [7, 11) is 1.98. The summed E-state index contributed by atoms with van der Waals surface area (Å²) < 4.78 is 6.34. The average Bonchev–Trinajstić information content (AvgIpc) is 3.02. The number of benzene rings is 1. The highest BCUT2D eigenvalue weighted by Crippen LogP contribution is 2.48. The SMILES string of the molecule is CCCN(CCC)C1=NN(C)C2=C3C1C=CN3c1c(C)cc(C)cc1O2. The Bertz CT molecular complexity index is 818. The van der Waals surface area contributed by atoms with Crippen molar-refractivity contribution in [2.24, 2.45) is 11.0 Å². The van der Waals surface area contributed by atoms with Gasteiger partial charge >= 0.3 is 0 Å². The highest BCUT2D eigenvalue weighted by atomic mass is 16.5. The van der Waals surface area contributed by atoms with Gasteiger partial charge in [-0.15, -0.1) is 0 Å². The van der Waals surface area contributed by atoms with E-state index in [4.69, 9.17) is 9.84 Å². The molecule has 3 aliphatic heterocycles. The Kier molecular flexibility index (Phi) is 4.17. The molecule has 26 heavy (non-hydrogen) atoms. The molecule has 3 heterocycles. The lowest BCUT2D eigenvalue weighted by molar-refractivity contribution is 0.227. The molecule has 0 amide bonds. The molecule has 0 N–H and O–H groups in total. The number of hydrazone groups is 1. The molecule has 1 atom stereocenters. The minimum Gasteiger partial charge on any atom is -0.435 e. The van der Waals surface area contributed by atoms with E-state index in [0.29, 0.717) is 0 Å². The van der Waals surface area contributed by atoms with Crippen LogP contribution in [-0.2, 0) is 0 Å². The Balaban J connectivity index is 1.77. The van der Waals surface area contributed by atoms with E-state index in [-0.39, 0.29) is 5.92 Å². The van der Waals surface area contributed by atoms with E-state index in [9.17, 15) is 0 Å². The van der Waals surface area contributed by atoms with Gasteiger partial charge in [0.05, 0.1) is 17.3 Å². The van der Waals surface area contributed by atoms with Gasteiger partial charge in [-0.25, -0.2) is 5.01 Å². The monoisotopic (exact) mass is 352 g/mol. The maximum Gasteiger partial charge on any atom is 0.237 e. The number of rotatable bonds is 4. The van der Waals surface area contributed by atoms with Gasteiger partial charge in [-0.05, 0) is 43.9 Å². The zero-order chi connectivity index (χ0) is 18.4. The van der Waals surface area contributed by atoms with Crippen LogP contribution in [-0.4, -0.2) is 35.9 Å². The highest BCUT2D eigenvalue weighted by Gasteiger charge is 2.42. The maximum absolute atomic E-state index is 6.34. The molecule has 1 aromatic carbocycles. The number of ether oxygens (including phenoxy) is 1. The van der Waals surface area contributed by atoms with Crippen molar-refractivity contribution in [2.45, 2.75) is 40.5 Å². The van der Waals surface area contributed by atoms with Crippen LogP contribution in [0.2, 0.25) is 0 Å². The van der Waals surface area contributed by atoms with Crippen LogP contribution in [0.15, 0.2) is 41.1 Å². The number of aryl methyl sites for hydroxylation is 2. The number of hydrogen-bond acceptors (Lipinski definition) is 5. The first-order valence-electron chi connectivity index (χ1n) is 9.63. The molecule has 0 aliphatic carbocycles. The van der Waals surface area contributed by atoms with Crippen LogP contribution >= 0.6 is 0 Å². The normalized spacial score (nSPS) is 20.0. The van der Waals surface area contributed by atoms with Gasteiger partial charge < -0.3 is 14.5 Å². The van der Waals surface area contributed by atoms with Gasteiger partial charge in [-0.1, -0.05) is 26.0 Å². The Labute approximate surface area is 156 Å². The fraction of sp³-hybridized carbons (Fsp3) is 0.476. The van der Waals surface area contributed by atoms with Crippen molar-refractivity contribution in [2.75, 3.05) is 25.0 Å². The lowest BCUT2D eigenvalue weighted by Gasteiger charge is -2.40. The molecule has 1 unspecified atom stereocenters. The smallest absolute Gasteiger partial charge is 0.237 e. The summed E-state index contributed by atoms with van der Waals surface area (Å²) in [6.45, 7) is 10.8. The van der Waals surface area contributed by atoms with Crippen LogP contribution in [0.3, 0.4) is 0 Å². The fourth-order valence-electron chi connectivity index (χ4n) is 4.23. The van der Waals surface area contributed by atoms with Gasteiger partial charge in [0.15, 0.2) is 5.75 Å². The lowest BCUT2D eigenvalue weighted by Crippen LogP contribution is -2.45. The second kappa shape index (κ2) is 6.38. The zero-order valence-electron chi connectivity index (χ0n) is 16.4. The number of hydrogen-bond donors (Lipinski definition) is 0. The van der Waals surface area contributed by atoms with E-state index < -0.39 is 0 Å². The minimum atomic E-state index is 0.160. The Morgan fingerprint density at radius 2 is 1.88 bits per heavy atom. The summed E-state index contributed by atoms with van der Waals surface area (Å²) in [4.78, 5) is 4.73. The second-order valence-electron chi connectivity index (χ2n) is 7.38. The fourth-order valence-corrected chi connectivity index (χ4v) is 4.23. The number of fused-ring (bicyclic) bond motifs is 2. The summed E-state index contributed by atoms with van der Waals surface area (Å²) in [5.74, 6) is 3.05. The summed E-state index contributed by atoms with van der Waals surface area (Å²) in [5.41, 5.74) is 4.79. The molecule has 0 saturated heterocycles. The van der Waals surface area contributed by atoms with Gasteiger partial charge in [-0.2, -0.15) is 5.10 Å². The van der Waals surface area contributed by atoms with Crippen molar-refractivity contribution >= 4 is 11.5 Å². The molecular weight excluding hydrogens is 324 g/mol. The van der Waals surface area contributed by atoms with Gasteiger partial charge in [0.2, 0.25) is 5.88 Å².